The summed E-state index contributed by atoms with van der Waals surface area (Å²) in [5.41, 5.74) is 4.87. The van der Waals surface area contributed by atoms with Gasteiger partial charge in [0.05, 0.1) is 12.9 Å². The standard InChI is InChI=1S/C11H15N5O4/c1-11(19)7(18)5(2-17)20-10(11)16-4-15-6-8(12)13-3-14-9(6)16/h3-5,7,10,17-19H,2H2,1H3,(H2,12,13,14)/t5-,7-,10?,11-/m1/s1. The van der Waals surface area contributed by atoms with Crippen LogP contribution in [0.5, 0.6) is 0 Å². The molecule has 0 aliphatic carbocycles. The Hall–Kier alpha value is -1.81. The van der Waals surface area contributed by atoms with E-state index in [1.54, 1.807) is 0 Å². The number of aliphatic hydroxyl groups is 3. The predicted molar refractivity (Wildman–Crippen MR) is 67.4 cm³/mol. The second-order valence-electron chi connectivity index (χ2n) is 4.96. The molecule has 9 nitrogen and oxygen atoms in total. The van der Waals surface area contributed by atoms with Crippen LogP contribution in [0.25, 0.3) is 11.2 Å². The lowest BCUT2D eigenvalue weighted by molar-refractivity contribution is -0.0950. The van der Waals surface area contributed by atoms with Gasteiger partial charge in [0, 0.05) is 0 Å². The van der Waals surface area contributed by atoms with E-state index in [0.29, 0.717) is 11.2 Å². The molecule has 1 fully saturated rings. The minimum atomic E-state index is -1.60. The van der Waals surface area contributed by atoms with E-state index in [2.05, 4.69) is 15.0 Å². The summed E-state index contributed by atoms with van der Waals surface area (Å²) in [6, 6.07) is 0. The van der Waals surface area contributed by atoms with Crippen molar-refractivity contribution >= 4 is 17.0 Å². The van der Waals surface area contributed by atoms with Crippen LogP contribution >= 0.6 is 0 Å². The number of hydrogen-bond donors (Lipinski definition) is 4. The fraction of sp³-hybridized carbons (Fsp3) is 0.545. The molecule has 108 valence electrons. The van der Waals surface area contributed by atoms with Crippen LogP contribution in [0, 0.1) is 0 Å². The first kappa shape index (κ1) is 13.2. The van der Waals surface area contributed by atoms with Gasteiger partial charge in [-0.15, -0.1) is 0 Å². The molecule has 1 aliphatic heterocycles. The van der Waals surface area contributed by atoms with Crippen LogP contribution in [-0.4, -0.2) is 59.3 Å². The third-order valence-corrected chi connectivity index (χ3v) is 3.57. The molecule has 0 bridgehead atoms. The molecule has 5 N–H and O–H groups in total. The Morgan fingerprint density at radius 2 is 2.20 bits per heavy atom. The number of ether oxygens (including phenoxy) is 1. The van der Waals surface area contributed by atoms with E-state index < -0.39 is 30.6 Å². The number of anilines is 1. The molecule has 20 heavy (non-hydrogen) atoms. The van der Waals surface area contributed by atoms with E-state index in [9.17, 15) is 15.3 Å². The van der Waals surface area contributed by atoms with Crippen LogP contribution in [0.4, 0.5) is 5.82 Å². The molecular formula is C11H15N5O4. The minimum absolute atomic E-state index is 0.214. The quantitative estimate of drug-likeness (QED) is 0.516. The maximum Gasteiger partial charge on any atom is 0.168 e. The average molecular weight is 281 g/mol. The average Bonchev–Trinajstić information content (AvgIpc) is 2.92. The molecule has 0 spiro atoms. The van der Waals surface area contributed by atoms with Crippen molar-refractivity contribution in [2.24, 2.45) is 0 Å². The van der Waals surface area contributed by atoms with E-state index >= 15 is 0 Å². The van der Waals surface area contributed by atoms with Crippen LogP contribution in [0.1, 0.15) is 13.2 Å². The van der Waals surface area contributed by atoms with Gasteiger partial charge in [-0.05, 0) is 6.92 Å². The largest absolute Gasteiger partial charge is 0.394 e. The first-order valence-corrected chi connectivity index (χ1v) is 6.06. The summed E-state index contributed by atoms with van der Waals surface area (Å²) in [5, 5.41) is 29.6. The molecule has 2 aromatic rings. The van der Waals surface area contributed by atoms with Crippen molar-refractivity contribution in [3.63, 3.8) is 0 Å². The number of imidazole rings is 1. The molecule has 0 saturated carbocycles. The van der Waals surface area contributed by atoms with E-state index in [4.69, 9.17) is 10.5 Å². The predicted octanol–water partition coefficient (Wildman–Crippen LogP) is -1.59. The number of nitrogens with two attached hydrogens (primary N) is 1. The van der Waals surface area contributed by atoms with Gasteiger partial charge < -0.3 is 25.8 Å². The van der Waals surface area contributed by atoms with Crippen LogP contribution < -0.4 is 5.73 Å². The van der Waals surface area contributed by atoms with E-state index in [1.165, 1.54) is 24.1 Å². The molecular weight excluding hydrogens is 266 g/mol. The second-order valence-corrected chi connectivity index (χ2v) is 4.96. The molecule has 0 amide bonds. The maximum atomic E-state index is 10.4. The summed E-state index contributed by atoms with van der Waals surface area (Å²) in [4.78, 5) is 12.0. The molecule has 2 aromatic heterocycles. The lowest BCUT2D eigenvalue weighted by Crippen LogP contribution is -2.44. The zero-order chi connectivity index (χ0) is 14.5. The van der Waals surface area contributed by atoms with E-state index in [0.717, 1.165) is 0 Å². The number of nitrogens with zero attached hydrogens (tertiary/aromatic N) is 4. The van der Waals surface area contributed by atoms with Gasteiger partial charge in [-0.3, -0.25) is 4.57 Å². The Morgan fingerprint density at radius 3 is 2.85 bits per heavy atom. The maximum absolute atomic E-state index is 10.4. The Bertz CT molecular complexity index is 643. The molecule has 1 unspecified atom stereocenters. The first-order chi connectivity index (χ1) is 9.46. The van der Waals surface area contributed by atoms with Crippen LogP contribution in [0.15, 0.2) is 12.7 Å². The zero-order valence-corrected chi connectivity index (χ0v) is 10.7. The zero-order valence-electron chi connectivity index (χ0n) is 10.7. The van der Waals surface area contributed by atoms with Gasteiger partial charge in [0.1, 0.15) is 29.7 Å². The fourth-order valence-electron chi connectivity index (χ4n) is 2.43. The van der Waals surface area contributed by atoms with Crippen molar-refractivity contribution in [1.29, 1.82) is 0 Å². The third-order valence-electron chi connectivity index (χ3n) is 3.57. The molecule has 4 atom stereocenters. The number of rotatable bonds is 2. The summed E-state index contributed by atoms with van der Waals surface area (Å²) >= 11 is 0. The second kappa shape index (κ2) is 4.35. The molecule has 1 saturated heterocycles. The molecule has 3 rings (SSSR count). The fourth-order valence-corrected chi connectivity index (χ4v) is 2.43. The first-order valence-electron chi connectivity index (χ1n) is 6.06. The van der Waals surface area contributed by atoms with Crippen LogP contribution in [-0.2, 0) is 4.74 Å². The van der Waals surface area contributed by atoms with E-state index in [1.807, 2.05) is 0 Å². The Kier molecular flexibility index (Phi) is 2.87. The van der Waals surface area contributed by atoms with Gasteiger partial charge in [-0.1, -0.05) is 0 Å². The monoisotopic (exact) mass is 281 g/mol. The summed E-state index contributed by atoms with van der Waals surface area (Å²) in [6.45, 7) is 1.02. The Labute approximate surface area is 113 Å². The van der Waals surface area contributed by atoms with Crippen molar-refractivity contribution in [2.45, 2.75) is 31.0 Å². The van der Waals surface area contributed by atoms with Gasteiger partial charge in [0.15, 0.2) is 17.7 Å². The lowest BCUT2D eigenvalue weighted by atomic mass is 9.96. The molecule has 0 radical (unpaired) electrons. The van der Waals surface area contributed by atoms with Crippen molar-refractivity contribution in [3.05, 3.63) is 12.7 Å². The number of hydrogen-bond acceptors (Lipinski definition) is 8. The third kappa shape index (κ3) is 1.68. The van der Waals surface area contributed by atoms with Gasteiger partial charge in [-0.2, -0.15) is 0 Å². The normalized spacial score (nSPS) is 33.9. The number of fused-ring (bicyclic) bond motifs is 1. The smallest absolute Gasteiger partial charge is 0.168 e. The van der Waals surface area contributed by atoms with Crippen molar-refractivity contribution in [3.8, 4) is 0 Å². The summed E-state index contributed by atoms with van der Waals surface area (Å²) in [6.07, 6.45) is -0.365. The van der Waals surface area contributed by atoms with Crippen LogP contribution in [0.2, 0.25) is 0 Å². The Balaban J connectivity index is 2.10. The molecule has 1 aliphatic rings. The summed E-state index contributed by atoms with van der Waals surface area (Å²) in [5.74, 6) is 0.214. The summed E-state index contributed by atoms with van der Waals surface area (Å²) < 4.78 is 6.97. The van der Waals surface area contributed by atoms with Gasteiger partial charge in [0.25, 0.3) is 0 Å². The Morgan fingerprint density at radius 1 is 1.45 bits per heavy atom. The van der Waals surface area contributed by atoms with Crippen molar-refractivity contribution in [2.75, 3.05) is 12.3 Å². The highest BCUT2D eigenvalue weighted by atomic mass is 16.6. The molecule has 0 aromatic carbocycles. The lowest BCUT2D eigenvalue weighted by Gasteiger charge is -2.27. The van der Waals surface area contributed by atoms with Gasteiger partial charge in [-0.25, -0.2) is 15.0 Å². The topological polar surface area (TPSA) is 140 Å². The van der Waals surface area contributed by atoms with E-state index in [-0.39, 0.29) is 5.82 Å². The van der Waals surface area contributed by atoms with Gasteiger partial charge in [0.2, 0.25) is 0 Å². The highest BCUT2D eigenvalue weighted by Gasteiger charge is 2.53. The molecule has 9 heteroatoms. The highest BCUT2D eigenvalue weighted by Crippen LogP contribution is 2.39. The highest BCUT2D eigenvalue weighted by molar-refractivity contribution is 5.81. The number of nitrogen functional groups attached to an aromatic ring is 1. The minimum Gasteiger partial charge on any atom is -0.394 e. The van der Waals surface area contributed by atoms with Crippen LogP contribution in [0.3, 0.4) is 0 Å². The number of aromatic nitrogens is 4. The van der Waals surface area contributed by atoms with Crippen molar-refractivity contribution in [1.82, 2.24) is 19.5 Å². The molecule has 3 heterocycles. The van der Waals surface area contributed by atoms with Crippen molar-refractivity contribution < 1.29 is 20.1 Å². The van der Waals surface area contributed by atoms with Gasteiger partial charge >= 0.3 is 0 Å². The summed E-state index contributed by atoms with van der Waals surface area (Å²) in [7, 11) is 0. The number of aliphatic hydroxyl groups excluding tert-OH is 2. The SMILES string of the molecule is C[C@]1(O)C(n2cnc3c(N)ncnc32)O[C@H](CO)[C@H]1O.